The van der Waals surface area contributed by atoms with Gasteiger partial charge in [-0.3, -0.25) is 0 Å². The van der Waals surface area contributed by atoms with Crippen LogP contribution in [0.15, 0.2) is 79.3 Å². The first-order valence-corrected chi connectivity index (χ1v) is 9.54. The minimum atomic E-state index is 0.429. The second-order valence-electron chi connectivity index (χ2n) is 6.92. The maximum atomic E-state index is 10.3. The molecule has 0 aliphatic heterocycles. The minimum absolute atomic E-state index is 0.429. The van der Waals surface area contributed by atoms with Crippen LogP contribution < -0.4 is 9.47 Å². The van der Waals surface area contributed by atoms with Gasteiger partial charge in [0.05, 0.1) is 30.0 Å². The van der Waals surface area contributed by atoms with Crippen LogP contribution in [-0.2, 0) is 6.61 Å². The molecule has 5 aromatic rings. The van der Waals surface area contributed by atoms with Crippen LogP contribution in [0.4, 0.5) is 0 Å². The van der Waals surface area contributed by atoms with Crippen LogP contribution in [0.25, 0.3) is 33.1 Å². The molecule has 0 fully saturated rings. The third-order valence-electron chi connectivity index (χ3n) is 5.11. The normalized spacial score (nSPS) is 11.1. The molecule has 0 saturated heterocycles. The molecule has 148 valence electrons. The van der Waals surface area contributed by atoms with Crippen LogP contribution in [0.5, 0.6) is 11.5 Å². The first-order valence-electron chi connectivity index (χ1n) is 9.54. The minimum Gasteiger partial charge on any atom is -0.493 e. The van der Waals surface area contributed by atoms with Crippen molar-refractivity contribution >= 4 is 21.8 Å². The fourth-order valence-electron chi connectivity index (χ4n) is 3.64. The number of ether oxygens (including phenoxy) is 2. The van der Waals surface area contributed by atoms with Gasteiger partial charge >= 0.3 is 0 Å². The molecule has 5 rings (SSSR count). The number of fused-ring (bicyclic) bond motifs is 2. The van der Waals surface area contributed by atoms with Gasteiger partial charge in [0.25, 0.3) is 0 Å². The Morgan fingerprint density at radius 3 is 2.53 bits per heavy atom. The van der Waals surface area contributed by atoms with Crippen LogP contribution in [0.2, 0.25) is 0 Å². The van der Waals surface area contributed by atoms with Gasteiger partial charge in [0, 0.05) is 22.4 Å². The zero-order valence-electron chi connectivity index (χ0n) is 16.3. The summed E-state index contributed by atoms with van der Waals surface area (Å²) in [5.41, 5.74) is 4.06. The molecule has 0 aliphatic carbocycles. The van der Waals surface area contributed by atoms with Gasteiger partial charge in [0.15, 0.2) is 11.5 Å². The predicted molar refractivity (Wildman–Crippen MR) is 115 cm³/mol. The van der Waals surface area contributed by atoms with Crippen LogP contribution in [0.1, 0.15) is 5.56 Å². The zero-order valence-corrected chi connectivity index (χ0v) is 16.3. The third kappa shape index (κ3) is 3.08. The first-order chi connectivity index (χ1) is 14.7. The monoisotopic (exact) mass is 397 g/mol. The molecular weight excluding hydrogens is 378 g/mol. The van der Waals surface area contributed by atoms with Crippen molar-refractivity contribution < 1.29 is 14.7 Å². The van der Waals surface area contributed by atoms with Crippen molar-refractivity contribution in [2.24, 2.45) is 0 Å². The Hall–Kier alpha value is -4.06. The Kier molecular flexibility index (Phi) is 4.44. The number of aromatic nitrogens is 3. The van der Waals surface area contributed by atoms with Crippen molar-refractivity contribution in [1.29, 1.82) is 0 Å². The molecule has 6 heteroatoms. The smallest absolute Gasteiger partial charge is 0.163 e. The van der Waals surface area contributed by atoms with Crippen molar-refractivity contribution in [3.05, 3.63) is 84.8 Å². The molecule has 0 amide bonds. The van der Waals surface area contributed by atoms with Gasteiger partial charge in [-0.25, -0.2) is 9.97 Å². The first kappa shape index (κ1) is 18.0. The van der Waals surface area contributed by atoms with E-state index >= 15 is 0 Å². The fourth-order valence-corrected chi connectivity index (χ4v) is 3.64. The highest BCUT2D eigenvalue weighted by molar-refractivity contribution is 6.03. The summed E-state index contributed by atoms with van der Waals surface area (Å²) in [6.45, 7) is 0.429. The average Bonchev–Trinajstić information content (AvgIpc) is 3.14. The number of methoxy groups -OCH3 is 1. The molecule has 2 aromatic heterocycles. The standard InChI is InChI=1S/C24H19N3O3/c1-29-22-11-18-20(12-23(22)30-14-16-7-3-2-4-8-16)25-15-26-24(18)19-13-27(28)21-10-6-5-9-17(19)21/h2-13,15,28H,14H2,1H3. The lowest BCUT2D eigenvalue weighted by Crippen LogP contribution is -1.99. The molecular formula is C24H19N3O3. The Bertz CT molecular complexity index is 1350. The summed E-state index contributed by atoms with van der Waals surface area (Å²) >= 11 is 0. The van der Waals surface area contributed by atoms with E-state index in [1.165, 1.54) is 6.33 Å². The summed E-state index contributed by atoms with van der Waals surface area (Å²) in [6, 6.07) is 21.3. The summed E-state index contributed by atoms with van der Waals surface area (Å²) in [5.74, 6) is 1.21. The van der Waals surface area contributed by atoms with Gasteiger partial charge in [-0.1, -0.05) is 48.5 Å². The van der Waals surface area contributed by atoms with E-state index < -0.39 is 0 Å². The highest BCUT2D eigenvalue weighted by Gasteiger charge is 2.17. The molecule has 1 N–H and O–H groups in total. The van der Waals surface area contributed by atoms with Gasteiger partial charge in [-0.2, -0.15) is 4.73 Å². The molecule has 6 nitrogen and oxygen atoms in total. The molecule has 0 bridgehead atoms. The lowest BCUT2D eigenvalue weighted by molar-refractivity contribution is 0.200. The van der Waals surface area contributed by atoms with Gasteiger partial charge < -0.3 is 14.7 Å². The van der Waals surface area contributed by atoms with Gasteiger partial charge in [-0.15, -0.1) is 0 Å². The summed E-state index contributed by atoms with van der Waals surface area (Å²) in [5, 5.41) is 12.0. The molecule has 2 heterocycles. The Morgan fingerprint density at radius 1 is 0.900 bits per heavy atom. The van der Waals surface area contributed by atoms with Crippen molar-refractivity contribution in [2.75, 3.05) is 7.11 Å². The van der Waals surface area contributed by atoms with E-state index in [4.69, 9.17) is 9.47 Å². The highest BCUT2D eigenvalue weighted by Crippen LogP contribution is 2.38. The second kappa shape index (κ2) is 7.40. The van der Waals surface area contributed by atoms with Gasteiger partial charge in [-0.05, 0) is 17.7 Å². The zero-order chi connectivity index (χ0) is 20.5. The highest BCUT2D eigenvalue weighted by atomic mass is 16.5. The molecule has 30 heavy (non-hydrogen) atoms. The number of para-hydroxylation sites is 1. The number of rotatable bonds is 5. The average molecular weight is 397 g/mol. The van der Waals surface area contributed by atoms with E-state index in [-0.39, 0.29) is 0 Å². The molecule has 3 aromatic carbocycles. The Morgan fingerprint density at radius 2 is 1.70 bits per heavy atom. The molecule has 0 unspecified atom stereocenters. The SMILES string of the molecule is COc1cc2c(-c3cn(O)c4ccccc34)ncnc2cc1OCc1ccccc1. The summed E-state index contributed by atoms with van der Waals surface area (Å²) in [4.78, 5) is 8.94. The third-order valence-corrected chi connectivity index (χ3v) is 5.11. The van der Waals surface area contributed by atoms with Crippen molar-refractivity contribution in [3.8, 4) is 22.8 Å². The quantitative estimate of drug-likeness (QED) is 0.419. The number of hydrogen-bond acceptors (Lipinski definition) is 5. The van der Waals surface area contributed by atoms with E-state index in [0.29, 0.717) is 23.6 Å². The van der Waals surface area contributed by atoms with E-state index in [0.717, 1.165) is 37.8 Å². The topological polar surface area (TPSA) is 69.4 Å². The predicted octanol–water partition coefficient (Wildman–Crippen LogP) is 5.08. The van der Waals surface area contributed by atoms with Crippen molar-refractivity contribution in [3.63, 3.8) is 0 Å². The lowest BCUT2D eigenvalue weighted by atomic mass is 10.1. The molecule has 0 radical (unpaired) electrons. The Balaban J connectivity index is 1.61. The van der Waals surface area contributed by atoms with Crippen LogP contribution in [0, 0.1) is 0 Å². The molecule has 0 spiro atoms. The van der Waals surface area contributed by atoms with Crippen LogP contribution >= 0.6 is 0 Å². The maximum absolute atomic E-state index is 10.3. The summed E-state index contributed by atoms with van der Waals surface area (Å²) < 4.78 is 12.7. The van der Waals surface area contributed by atoms with E-state index in [1.54, 1.807) is 13.3 Å². The number of hydrogen-bond donors (Lipinski definition) is 1. The summed E-state index contributed by atoms with van der Waals surface area (Å²) in [6.07, 6.45) is 3.19. The Labute approximate surface area is 172 Å². The number of nitrogens with zero attached hydrogens (tertiary/aromatic N) is 3. The van der Waals surface area contributed by atoms with Crippen LogP contribution in [-0.4, -0.2) is 27.0 Å². The van der Waals surface area contributed by atoms with E-state index in [9.17, 15) is 5.21 Å². The van der Waals surface area contributed by atoms with E-state index in [1.807, 2.05) is 66.7 Å². The van der Waals surface area contributed by atoms with Crippen molar-refractivity contribution in [2.45, 2.75) is 6.61 Å². The van der Waals surface area contributed by atoms with Crippen LogP contribution in [0.3, 0.4) is 0 Å². The second-order valence-corrected chi connectivity index (χ2v) is 6.92. The molecule has 0 saturated carbocycles. The van der Waals surface area contributed by atoms with E-state index in [2.05, 4.69) is 9.97 Å². The molecule has 0 aliphatic rings. The van der Waals surface area contributed by atoms with Gasteiger partial charge in [0.2, 0.25) is 0 Å². The van der Waals surface area contributed by atoms with Gasteiger partial charge in [0.1, 0.15) is 12.9 Å². The largest absolute Gasteiger partial charge is 0.493 e. The number of benzene rings is 3. The lowest BCUT2D eigenvalue weighted by Gasteiger charge is -2.13. The fraction of sp³-hybridized carbons (Fsp3) is 0.0833. The van der Waals surface area contributed by atoms with Crippen molar-refractivity contribution in [1.82, 2.24) is 14.7 Å². The maximum Gasteiger partial charge on any atom is 0.163 e. The summed E-state index contributed by atoms with van der Waals surface area (Å²) in [7, 11) is 1.61. The molecule has 0 atom stereocenters.